The second-order valence-corrected chi connectivity index (χ2v) is 7.37. The van der Waals surface area contributed by atoms with Crippen molar-refractivity contribution < 1.29 is 9.59 Å². The minimum atomic E-state index is -0.846. The summed E-state index contributed by atoms with van der Waals surface area (Å²) < 4.78 is 0. The third kappa shape index (κ3) is 6.61. The van der Waals surface area contributed by atoms with Crippen molar-refractivity contribution in [2.24, 2.45) is 11.7 Å². The molecule has 1 unspecified atom stereocenters. The molecule has 0 heterocycles. The van der Waals surface area contributed by atoms with E-state index in [9.17, 15) is 9.59 Å². The van der Waals surface area contributed by atoms with E-state index in [-0.39, 0.29) is 30.1 Å². The minimum absolute atomic E-state index is 0. The SMILES string of the molecule is CCCC(C)(N)C(=O)NCc1cccc(NC(=O)C2CCCCC2)c1.Cl. The van der Waals surface area contributed by atoms with Gasteiger partial charge in [-0.1, -0.05) is 44.7 Å². The molecule has 5 nitrogen and oxygen atoms in total. The summed E-state index contributed by atoms with van der Waals surface area (Å²) in [5, 5.41) is 5.91. The molecular formula is C20H32ClN3O2. The summed E-state index contributed by atoms with van der Waals surface area (Å²) in [5.74, 6) is 0.0912. The van der Waals surface area contributed by atoms with Crippen LogP contribution >= 0.6 is 12.4 Å². The van der Waals surface area contributed by atoms with Gasteiger partial charge in [-0.05, 0) is 43.9 Å². The standard InChI is InChI=1S/C20H31N3O2.ClH/c1-3-12-20(2,21)19(25)22-14-15-8-7-11-17(13-15)23-18(24)16-9-5-4-6-10-16;/h7-8,11,13,16H,3-6,9-10,12,14,21H2,1-2H3,(H,22,25)(H,23,24);1H. The fraction of sp³-hybridized carbons (Fsp3) is 0.600. The van der Waals surface area contributed by atoms with E-state index >= 15 is 0 Å². The van der Waals surface area contributed by atoms with E-state index in [2.05, 4.69) is 10.6 Å². The molecule has 1 aromatic rings. The van der Waals surface area contributed by atoms with E-state index in [0.29, 0.717) is 13.0 Å². The van der Waals surface area contributed by atoms with Gasteiger partial charge in [0, 0.05) is 18.2 Å². The number of carbonyl (C=O) groups is 2. The Morgan fingerprint density at radius 2 is 1.92 bits per heavy atom. The summed E-state index contributed by atoms with van der Waals surface area (Å²) in [4.78, 5) is 24.5. The van der Waals surface area contributed by atoms with Gasteiger partial charge in [-0.15, -0.1) is 12.4 Å². The van der Waals surface area contributed by atoms with E-state index in [4.69, 9.17) is 5.73 Å². The molecule has 1 aromatic carbocycles. The molecule has 2 rings (SSSR count). The molecule has 0 spiro atoms. The average Bonchev–Trinajstić information content (AvgIpc) is 2.60. The van der Waals surface area contributed by atoms with E-state index < -0.39 is 5.54 Å². The molecule has 1 atom stereocenters. The summed E-state index contributed by atoms with van der Waals surface area (Å²) in [6.45, 7) is 4.17. The monoisotopic (exact) mass is 381 g/mol. The number of carbonyl (C=O) groups excluding carboxylic acids is 2. The van der Waals surface area contributed by atoms with E-state index in [1.165, 1.54) is 6.42 Å². The van der Waals surface area contributed by atoms with Gasteiger partial charge in [0.2, 0.25) is 11.8 Å². The summed E-state index contributed by atoms with van der Waals surface area (Å²) in [5.41, 5.74) is 6.93. The van der Waals surface area contributed by atoms with Crippen LogP contribution in [0, 0.1) is 5.92 Å². The number of nitrogens with two attached hydrogens (primary N) is 1. The number of hydrogen-bond acceptors (Lipinski definition) is 3. The first-order valence-electron chi connectivity index (χ1n) is 9.39. The molecule has 1 saturated carbocycles. The predicted molar refractivity (Wildman–Crippen MR) is 108 cm³/mol. The van der Waals surface area contributed by atoms with Gasteiger partial charge < -0.3 is 16.4 Å². The maximum Gasteiger partial charge on any atom is 0.240 e. The lowest BCUT2D eigenvalue weighted by molar-refractivity contribution is -0.126. The normalized spacial score (nSPS) is 16.9. The fourth-order valence-electron chi connectivity index (χ4n) is 3.39. The molecule has 6 heteroatoms. The molecular weight excluding hydrogens is 350 g/mol. The highest BCUT2D eigenvalue weighted by molar-refractivity contribution is 5.92. The molecule has 0 bridgehead atoms. The van der Waals surface area contributed by atoms with Crippen LogP contribution in [-0.4, -0.2) is 17.4 Å². The van der Waals surface area contributed by atoms with Crippen LogP contribution in [0.15, 0.2) is 24.3 Å². The van der Waals surface area contributed by atoms with Gasteiger partial charge in [0.15, 0.2) is 0 Å². The van der Waals surface area contributed by atoms with Crippen LogP contribution in [0.4, 0.5) is 5.69 Å². The molecule has 4 N–H and O–H groups in total. The third-order valence-corrected chi connectivity index (χ3v) is 4.91. The first-order chi connectivity index (χ1) is 11.9. The maximum absolute atomic E-state index is 12.4. The summed E-state index contributed by atoms with van der Waals surface area (Å²) in [6, 6.07) is 7.63. The Labute approximate surface area is 162 Å². The van der Waals surface area contributed by atoms with Crippen molar-refractivity contribution in [2.75, 3.05) is 5.32 Å². The summed E-state index contributed by atoms with van der Waals surface area (Å²) in [6.07, 6.45) is 6.98. The zero-order valence-electron chi connectivity index (χ0n) is 15.8. The van der Waals surface area contributed by atoms with Gasteiger partial charge >= 0.3 is 0 Å². The van der Waals surface area contributed by atoms with Gasteiger partial charge in [0.25, 0.3) is 0 Å². The molecule has 1 fully saturated rings. The third-order valence-electron chi connectivity index (χ3n) is 4.91. The van der Waals surface area contributed by atoms with Crippen LogP contribution in [0.2, 0.25) is 0 Å². The molecule has 1 aliphatic carbocycles. The number of benzene rings is 1. The lowest BCUT2D eigenvalue weighted by Crippen LogP contribution is -2.51. The fourth-order valence-corrected chi connectivity index (χ4v) is 3.39. The van der Waals surface area contributed by atoms with Crippen LogP contribution in [0.25, 0.3) is 0 Å². The second kappa shape index (κ2) is 10.5. The quantitative estimate of drug-likeness (QED) is 0.672. The Balaban J connectivity index is 0.00000338. The van der Waals surface area contributed by atoms with Crippen molar-refractivity contribution >= 4 is 29.9 Å². The second-order valence-electron chi connectivity index (χ2n) is 7.37. The molecule has 1 aliphatic rings. The zero-order chi connectivity index (χ0) is 18.3. The van der Waals surface area contributed by atoms with Crippen molar-refractivity contribution in [3.8, 4) is 0 Å². The van der Waals surface area contributed by atoms with Crippen molar-refractivity contribution in [3.05, 3.63) is 29.8 Å². The van der Waals surface area contributed by atoms with Crippen molar-refractivity contribution in [3.63, 3.8) is 0 Å². The highest BCUT2D eigenvalue weighted by atomic mass is 35.5. The lowest BCUT2D eigenvalue weighted by atomic mass is 9.88. The number of hydrogen-bond donors (Lipinski definition) is 3. The van der Waals surface area contributed by atoms with E-state index in [1.807, 2.05) is 31.2 Å². The van der Waals surface area contributed by atoms with Crippen LogP contribution in [-0.2, 0) is 16.1 Å². The summed E-state index contributed by atoms with van der Waals surface area (Å²) >= 11 is 0. The van der Waals surface area contributed by atoms with Crippen LogP contribution in [0.5, 0.6) is 0 Å². The Kier molecular flexibility index (Phi) is 9.09. The van der Waals surface area contributed by atoms with Crippen LogP contribution < -0.4 is 16.4 Å². The highest BCUT2D eigenvalue weighted by Crippen LogP contribution is 2.25. The van der Waals surface area contributed by atoms with Crippen LogP contribution in [0.3, 0.4) is 0 Å². The first-order valence-corrected chi connectivity index (χ1v) is 9.39. The average molecular weight is 382 g/mol. The molecule has 2 amide bonds. The molecule has 146 valence electrons. The minimum Gasteiger partial charge on any atom is -0.350 e. The largest absolute Gasteiger partial charge is 0.350 e. The topological polar surface area (TPSA) is 84.2 Å². The number of amides is 2. The van der Waals surface area contributed by atoms with Crippen molar-refractivity contribution in [2.45, 2.75) is 70.9 Å². The van der Waals surface area contributed by atoms with Gasteiger partial charge in [0.05, 0.1) is 5.54 Å². The Morgan fingerprint density at radius 1 is 1.23 bits per heavy atom. The predicted octanol–water partition coefficient (Wildman–Crippen LogP) is 3.76. The molecule has 0 aliphatic heterocycles. The number of halogens is 1. The van der Waals surface area contributed by atoms with Crippen LogP contribution in [0.1, 0.15) is 64.4 Å². The van der Waals surface area contributed by atoms with E-state index in [0.717, 1.165) is 43.4 Å². The Hall–Kier alpha value is -1.59. The zero-order valence-corrected chi connectivity index (χ0v) is 16.7. The summed E-state index contributed by atoms with van der Waals surface area (Å²) in [7, 11) is 0. The number of nitrogens with one attached hydrogen (secondary N) is 2. The Morgan fingerprint density at radius 3 is 2.58 bits per heavy atom. The molecule has 0 saturated heterocycles. The van der Waals surface area contributed by atoms with Crippen molar-refractivity contribution in [1.82, 2.24) is 5.32 Å². The highest BCUT2D eigenvalue weighted by Gasteiger charge is 2.26. The smallest absolute Gasteiger partial charge is 0.240 e. The van der Waals surface area contributed by atoms with Gasteiger partial charge in [-0.2, -0.15) is 0 Å². The molecule has 0 aromatic heterocycles. The van der Waals surface area contributed by atoms with Crippen molar-refractivity contribution in [1.29, 1.82) is 0 Å². The van der Waals surface area contributed by atoms with Gasteiger partial charge in [-0.3, -0.25) is 9.59 Å². The molecule has 26 heavy (non-hydrogen) atoms. The maximum atomic E-state index is 12.4. The van der Waals surface area contributed by atoms with Gasteiger partial charge in [-0.25, -0.2) is 0 Å². The van der Waals surface area contributed by atoms with E-state index in [1.54, 1.807) is 6.92 Å². The Bertz CT molecular complexity index is 598. The number of rotatable bonds is 7. The van der Waals surface area contributed by atoms with Gasteiger partial charge in [0.1, 0.15) is 0 Å². The first kappa shape index (κ1) is 22.5. The molecule has 0 radical (unpaired) electrons. The lowest BCUT2D eigenvalue weighted by Gasteiger charge is -2.23. The number of anilines is 1.